The quantitative estimate of drug-likeness (QED) is 0.285. The molecule has 1 aromatic rings. The standard InChI is InChI=1S/C16H26N2O3/c1-2-3-4-5-8-11-20-12-13-21-15-10-7-6-9-14(15)16(19)18-17/h6-7,9-10H,2-5,8,11-13,17H2,1H3,(H,18,19). The number of benzene rings is 1. The first kappa shape index (κ1) is 17.5. The lowest BCUT2D eigenvalue weighted by atomic mass is 10.2. The molecule has 0 saturated heterocycles. The molecule has 0 aliphatic heterocycles. The minimum atomic E-state index is -0.359. The molecule has 118 valence electrons. The summed E-state index contributed by atoms with van der Waals surface area (Å²) in [6, 6.07) is 7.00. The molecule has 1 aromatic carbocycles. The highest BCUT2D eigenvalue weighted by molar-refractivity contribution is 5.96. The van der Waals surface area contributed by atoms with Gasteiger partial charge in [-0.1, -0.05) is 44.7 Å². The van der Waals surface area contributed by atoms with Crippen LogP contribution in [0, 0.1) is 0 Å². The van der Waals surface area contributed by atoms with Gasteiger partial charge in [0.1, 0.15) is 12.4 Å². The maximum atomic E-state index is 11.5. The van der Waals surface area contributed by atoms with Crippen molar-refractivity contribution in [1.82, 2.24) is 5.43 Å². The largest absolute Gasteiger partial charge is 0.490 e. The second-order valence-electron chi connectivity index (χ2n) is 4.84. The van der Waals surface area contributed by atoms with Crippen LogP contribution in [0.4, 0.5) is 0 Å². The summed E-state index contributed by atoms with van der Waals surface area (Å²) >= 11 is 0. The SMILES string of the molecule is CCCCCCCOCCOc1ccccc1C(=O)NN. The van der Waals surface area contributed by atoms with Crippen molar-refractivity contribution in [1.29, 1.82) is 0 Å². The Morgan fingerprint density at radius 3 is 2.62 bits per heavy atom. The van der Waals surface area contributed by atoms with E-state index in [9.17, 15) is 4.79 Å². The molecule has 0 unspecified atom stereocenters. The summed E-state index contributed by atoms with van der Waals surface area (Å²) in [5.74, 6) is 5.30. The highest BCUT2D eigenvalue weighted by Gasteiger charge is 2.10. The van der Waals surface area contributed by atoms with E-state index in [4.69, 9.17) is 15.3 Å². The van der Waals surface area contributed by atoms with E-state index >= 15 is 0 Å². The van der Waals surface area contributed by atoms with E-state index in [1.54, 1.807) is 18.2 Å². The molecule has 1 rings (SSSR count). The summed E-state index contributed by atoms with van der Waals surface area (Å²) in [5.41, 5.74) is 2.54. The Labute approximate surface area is 126 Å². The van der Waals surface area contributed by atoms with Gasteiger partial charge in [0.05, 0.1) is 12.2 Å². The minimum Gasteiger partial charge on any atom is -0.490 e. The molecule has 0 heterocycles. The molecule has 0 aromatic heterocycles. The van der Waals surface area contributed by atoms with Gasteiger partial charge in [-0.25, -0.2) is 5.84 Å². The van der Waals surface area contributed by atoms with Crippen LogP contribution < -0.4 is 16.0 Å². The first-order valence-electron chi connectivity index (χ1n) is 7.60. The molecular formula is C16H26N2O3. The van der Waals surface area contributed by atoms with Crippen LogP contribution in [0.1, 0.15) is 49.4 Å². The fourth-order valence-corrected chi connectivity index (χ4v) is 1.98. The monoisotopic (exact) mass is 294 g/mol. The van der Waals surface area contributed by atoms with Gasteiger partial charge in [-0.3, -0.25) is 10.2 Å². The Balaban J connectivity index is 2.17. The summed E-state index contributed by atoms with van der Waals surface area (Å²) in [4.78, 5) is 11.5. The third kappa shape index (κ3) is 7.11. The lowest BCUT2D eigenvalue weighted by Crippen LogP contribution is -2.30. The zero-order valence-electron chi connectivity index (χ0n) is 12.8. The first-order chi connectivity index (χ1) is 10.3. The third-order valence-electron chi connectivity index (χ3n) is 3.14. The van der Waals surface area contributed by atoms with E-state index in [0.717, 1.165) is 13.0 Å². The van der Waals surface area contributed by atoms with Gasteiger partial charge in [0.2, 0.25) is 0 Å². The molecule has 0 radical (unpaired) electrons. The zero-order chi connectivity index (χ0) is 15.3. The molecule has 0 atom stereocenters. The van der Waals surface area contributed by atoms with Crippen molar-refractivity contribution in [2.75, 3.05) is 19.8 Å². The predicted octanol–water partition coefficient (Wildman–Crippen LogP) is 2.66. The average Bonchev–Trinajstić information content (AvgIpc) is 2.53. The van der Waals surface area contributed by atoms with Crippen LogP contribution in [0.15, 0.2) is 24.3 Å². The summed E-state index contributed by atoms with van der Waals surface area (Å²) in [6.07, 6.45) is 6.13. The number of unbranched alkanes of at least 4 members (excludes halogenated alkanes) is 4. The molecule has 21 heavy (non-hydrogen) atoms. The van der Waals surface area contributed by atoms with Crippen LogP contribution in [-0.2, 0) is 4.74 Å². The Hall–Kier alpha value is -1.59. The maximum Gasteiger partial charge on any atom is 0.268 e. The highest BCUT2D eigenvalue weighted by Crippen LogP contribution is 2.17. The minimum absolute atomic E-state index is 0.359. The Kier molecular flexibility index (Phi) is 9.24. The number of carbonyl (C=O) groups excluding carboxylic acids is 1. The van der Waals surface area contributed by atoms with E-state index in [1.165, 1.54) is 25.7 Å². The molecule has 5 nitrogen and oxygen atoms in total. The third-order valence-corrected chi connectivity index (χ3v) is 3.14. The number of hydrogen-bond acceptors (Lipinski definition) is 4. The van der Waals surface area contributed by atoms with Crippen molar-refractivity contribution in [3.63, 3.8) is 0 Å². The fraction of sp³-hybridized carbons (Fsp3) is 0.562. The average molecular weight is 294 g/mol. The van der Waals surface area contributed by atoms with Crippen molar-refractivity contribution < 1.29 is 14.3 Å². The van der Waals surface area contributed by atoms with Gasteiger partial charge >= 0.3 is 0 Å². The Morgan fingerprint density at radius 2 is 1.86 bits per heavy atom. The number of amides is 1. The van der Waals surface area contributed by atoms with Crippen LogP contribution in [0.3, 0.4) is 0 Å². The summed E-state index contributed by atoms with van der Waals surface area (Å²) in [7, 11) is 0. The summed E-state index contributed by atoms with van der Waals surface area (Å²) < 4.78 is 11.1. The normalized spacial score (nSPS) is 10.4. The molecule has 5 heteroatoms. The van der Waals surface area contributed by atoms with Gasteiger partial charge in [-0.2, -0.15) is 0 Å². The summed E-state index contributed by atoms with van der Waals surface area (Å²) in [6.45, 7) is 3.91. The van der Waals surface area contributed by atoms with Gasteiger partial charge < -0.3 is 9.47 Å². The molecule has 0 aliphatic carbocycles. The van der Waals surface area contributed by atoms with Crippen molar-refractivity contribution in [3.8, 4) is 5.75 Å². The van der Waals surface area contributed by atoms with Gasteiger partial charge in [-0.15, -0.1) is 0 Å². The zero-order valence-corrected chi connectivity index (χ0v) is 12.8. The van der Waals surface area contributed by atoms with Crippen LogP contribution in [-0.4, -0.2) is 25.7 Å². The van der Waals surface area contributed by atoms with Crippen molar-refractivity contribution in [3.05, 3.63) is 29.8 Å². The van der Waals surface area contributed by atoms with Gasteiger partial charge in [0.25, 0.3) is 5.91 Å². The highest BCUT2D eigenvalue weighted by atomic mass is 16.5. The van der Waals surface area contributed by atoms with Crippen LogP contribution in [0.5, 0.6) is 5.75 Å². The number of hydrazine groups is 1. The topological polar surface area (TPSA) is 73.6 Å². The van der Waals surface area contributed by atoms with E-state index in [1.807, 2.05) is 6.07 Å². The lowest BCUT2D eigenvalue weighted by Gasteiger charge is -2.10. The van der Waals surface area contributed by atoms with Crippen LogP contribution >= 0.6 is 0 Å². The first-order valence-corrected chi connectivity index (χ1v) is 7.60. The van der Waals surface area contributed by atoms with Gasteiger partial charge in [-0.05, 0) is 18.6 Å². The number of nitrogens with two attached hydrogens (primary N) is 1. The van der Waals surface area contributed by atoms with Gasteiger partial charge in [0, 0.05) is 6.61 Å². The van der Waals surface area contributed by atoms with E-state index in [-0.39, 0.29) is 5.91 Å². The number of nitrogens with one attached hydrogen (secondary N) is 1. The smallest absolute Gasteiger partial charge is 0.268 e. The molecule has 0 bridgehead atoms. The number of ether oxygens (including phenoxy) is 2. The second kappa shape index (κ2) is 11.1. The van der Waals surface area contributed by atoms with E-state index < -0.39 is 0 Å². The van der Waals surface area contributed by atoms with E-state index in [2.05, 4.69) is 12.3 Å². The molecule has 0 aliphatic rings. The maximum absolute atomic E-state index is 11.5. The van der Waals surface area contributed by atoms with Crippen molar-refractivity contribution >= 4 is 5.91 Å². The molecule has 0 saturated carbocycles. The second-order valence-corrected chi connectivity index (χ2v) is 4.84. The van der Waals surface area contributed by atoms with E-state index in [0.29, 0.717) is 24.5 Å². The Morgan fingerprint density at radius 1 is 1.10 bits per heavy atom. The lowest BCUT2D eigenvalue weighted by molar-refractivity contribution is 0.0913. The van der Waals surface area contributed by atoms with Crippen LogP contribution in [0.25, 0.3) is 0 Å². The number of hydrogen-bond donors (Lipinski definition) is 2. The molecule has 3 N–H and O–H groups in total. The molecule has 1 amide bonds. The Bertz CT molecular complexity index is 410. The summed E-state index contributed by atoms with van der Waals surface area (Å²) in [5, 5.41) is 0. The van der Waals surface area contributed by atoms with Gasteiger partial charge in [0.15, 0.2) is 0 Å². The molecule has 0 spiro atoms. The predicted molar refractivity (Wildman–Crippen MR) is 83.2 cm³/mol. The fourth-order valence-electron chi connectivity index (χ4n) is 1.98. The number of para-hydroxylation sites is 1. The molecular weight excluding hydrogens is 268 g/mol. The van der Waals surface area contributed by atoms with Crippen molar-refractivity contribution in [2.24, 2.45) is 5.84 Å². The molecule has 0 fully saturated rings. The number of carbonyl (C=O) groups is 1. The number of nitrogen functional groups attached to an aromatic ring is 1. The van der Waals surface area contributed by atoms with Crippen molar-refractivity contribution in [2.45, 2.75) is 39.0 Å². The number of rotatable bonds is 11. The van der Waals surface area contributed by atoms with Crippen LogP contribution in [0.2, 0.25) is 0 Å².